The van der Waals surface area contributed by atoms with Crippen LogP contribution in [0.5, 0.6) is 0 Å². The molecule has 2 unspecified atom stereocenters. The van der Waals surface area contributed by atoms with Crippen molar-refractivity contribution >= 4 is 5.97 Å². The minimum Gasteiger partial charge on any atom is -0.462 e. The Balaban J connectivity index is 1.69. The lowest BCUT2D eigenvalue weighted by atomic mass is 9.75. The second kappa shape index (κ2) is 8.80. The van der Waals surface area contributed by atoms with E-state index in [4.69, 9.17) is 4.74 Å². The van der Waals surface area contributed by atoms with Crippen molar-refractivity contribution in [3.63, 3.8) is 0 Å². The van der Waals surface area contributed by atoms with Gasteiger partial charge in [0.2, 0.25) is 0 Å². The summed E-state index contributed by atoms with van der Waals surface area (Å²) in [7, 11) is 0. The first-order valence-electron chi connectivity index (χ1n) is 9.45. The van der Waals surface area contributed by atoms with Crippen molar-refractivity contribution in [2.75, 3.05) is 0 Å². The van der Waals surface area contributed by atoms with Gasteiger partial charge in [0.15, 0.2) is 0 Å². The molecule has 1 aliphatic carbocycles. The highest BCUT2D eigenvalue weighted by Gasteiger charge is 2.35. The number of hydrogen-bond donors (Lipinski definition) is 0. The molecule has 2 rings (SSSR count). The third kappa shape index (κ3) is 5.00. The van der Waals surface area contributed by atoms with Crippen LogP contribution in [0.3, 0.4) is 0 Å². The summed E-state index contributed by atoms with van der Waals surface area (Å²) in [6, 6.07) is 0. The second-order valence-electron chi connectivity index (χ2n) is 7.31. The molecule has 2 aliphatic rings. The van der Waals surface area contributed by atoms with Crippen molar-refractivity contribution in [2.24, 2.45) is 17.8 Å². The predicted molar refractivity (Wildman–Crippen MR) is 87.1 cm³/mol. The molecule has 0 amide bonds. The number of ether oxygens (including phenoxy) is 1. The molecule has 21 heavy (non-hydrogen) atoms. The Morgan fingerprint density at radius 3 is 2.29 bits per heavy atom. The maximum Gasteiger partial charge on any atom is 0.309 e. The van der Waals surface area contributed by atoms with E-state index in [1.54, 1.807) is 0 Å². The van der Waals surface area contributed by atoms with E-state index in [1.165, 1.54) is 51.4 Å². The van der Waals surface area contributed by atoms with Crippen LogP contribution in [0.1, 0.15) is 90.9 Å². The summed E-state index contributed by atoms with van der Waals surface area (Å²) in [5.74, 6) is 1.88. The Morgan fingerprint density at radius 2 is 1.67 bits per heavy atom. The number of hydrogen-bond acceptors (Lipinski definition) is 2. The van der Waals surface area contributed by atoms with Gasteiger partial charge in [0.25, 0.3) is 0 Å². The molecule has 0 aromatic rings. The highest BCUT2D eigenvalue weighted by atomic mass is 16.5. The average molecular weight is 294 g/mol. The lowest BCUT2D eigenvalue weighted by molar-refractivity contribution is -0.165. The Morgan fingerprint density at radius 1 is 0.905 bits per heavy atom. The Kier molecular flexibility index (Phi) is 7.06. The fourth-order valence-corrected chi connectivity index (χ4v) is 4.26. The van der Waals surface area contributed by atoms with Crippen LogP contribution in [-0.4, -0.2) is 12.1 Å². The van der Waals surface area contributed by atoms with Crippen LogP contribution in [0.25, 0.3) is 0 Å². The second-order valence-corrected chi connectivity index (χ2v) is 7.31. The van der Waals surface area contributed by atoms with E-state index in [0.717, 1.165) is 31.6 Å². The lowest BCUT2D eigenvalue weighted by Gasteiger charge is -2.37. The van der Waals surface area contributed by atoms with Crippen molar-refractivity contribution in [1.29, 1.82) is 0 Å². The molecule has 0 N–H and O–H groups in total. The van der Waals surface area contributed by atoms with Crippen molar-refractivity contribution in [3.05, 3.63) is 0 Å². The number of rotatable bonds is 7. The summed E-state index contributed by atoms with van der Waals surface area (Å²) in [5.41, 5.74) is 0. The maximum atomic E-state index is 12.1. The first-order valence-corrected chi connectivity index (χ1v) is 9.45. The van der Waals surface area contributed by atoms with Crippen molar-refractivity contribution in [2.45, 2.75) is 97.0 Å². The minimum absolute atomic E-state index is 0.0955. The van der Waals surface area contributed by atoms with Crippen LogP contribution in [0.15, 0.2) is 0 Å². The van der Waals surface area contributed by atoms with E-state index in [9.17, 15) is 4.79 Å². The van der Waals surface area contributed by atoms with Crippen LogP contribution in [0.4, 0.5) is 0 Å². The van der Waals surface area contributed by atoms with Gasteiger partial charge >= 0.3 is 5.97 Å². The van der Waals surface area contributed by atoms with Crippen LogP contribution >= 0.6 is 0 Å². The van der Waals surface area contributed by atoms with E-state index in [-0.39, 0.29) is 18.0 Å². The van der Waals surface area contributed by atoms with E-state index in [1.807, 2.05) is 0 Å². The molecule has 1 saturated carbocycles. The van der Waals surface area contributed by atoms with Crippen LogP contribution < -0.4 is 0 Å². The Bertz CT molecular complexity index is 305. The van der Waals surface area contributed by atoms with Gasteiger partial charge in [0, 0.05) is 0 Å². The molecule has 0 radical (unpaired) electrons. The summed E-state index contributed by atoms with van der Waals surface area (Å²) in [4.78, 5) is 12.1. The summed E-state index contributed by atoms with van der Waals surface area (Å²) in [5, 5.41) is 0. The van der Waals surface area contributed by atoms with E-state index < -0.39 is 0 Å². The zero-order chi connectivity index (χ0) is 15.1. The van der Waals surface area contributed by atoms with E-state index >= 15 is 0 Å². The molecule has 2 fully saturated rings. The first-order chi connectivity index (χ1) is 10.2. The molecule has 0 aromatic heterocycles. The van der Waals surface area contributed by atoms with Crippen LogP contribution in [0, 0.1) is 17.8 Å². The number of carbonyl (C=O) groups excluding carboxylic acids is 1. The molecule has 0 bridgehead atoms. The number of esters is 1. The normalized spacial score (nSPS) is 33.7. The molecular weight excluding hydrogens is 260 g/mol. The van der Waals surface area contributed by atoms with Crippen molar-refractivity contribution in [1.82, 2.24) is 0 Å². The van der Waals surface area contributed by atoms with E-state index in [0.29, 0.717) is 5.92 Å². The van der Waals surface area contributed by atoms with Gasteiger partial charge in [-0.3, -0.25) is 4.79 Å². The largest absolute Gasteiger partial charge is 0.462 e. The predicted octanol–water partition coefficient (Wildman–Crippen LogP) is 5.50. The monoisotopic (exact) mass is 294 g/mol. The topological polar surface area (TPSA) is 26.3 Å². The highest BCUT2D eigenvalue weighted by Crippen LogP contribution is 2.38. The molecular formula is C19H34O2. The van der Waals surface area contributed by atoms with Crippen LogP contribution in [-0.2, 0) is 9.53 Å². The smallest absolute Gasteiger partial charge is 0.309 e. The summed E-state index contributed by atoms with van der Waals surface area (Å²) in [6.45, 7) is 4.43. The van der Waals surface area contributed by atoms with Gasteiger partial charge in [0.05, 0.1) is 5.92 Å². The SMILES string of the molecule is CCCCCC1CCC(C2CCC(CCC)C(=O)O2)CC1. The van der Waals surface area contributed by atoms with Crippen LogP contribution in [0.2, 0.25) is 0 Å². The van der Waals surface area contributed by atoms with Crippen molar-refractivity contribution in [3.8, 4) is 0 Å². The molecule has 122 valence electrons. The third-order valence-corrected chi connectivity index (χ3v) is 5.67. The lowest BCUT2D eigenvalue weighted by Crippen LogP contribution is -2.37. The molecule has 1 aliphatic heterocycles. The fourth-order valence-electron chi connectivity index (χ4n) is 4.26. The Labute approximate surface area is 131 Å². The van der Waals surface area contributed by atoms with E-state index in [2.05, 4.69) is 13.8 Å². The molecule has 0 spiro atoms. The quantitative estimate of drug-likeness (QED) is 0.458. The zero-order valence-electron chi connectivity index (χ0n) is 14.1. The number of cyclic esters (lactones) is 1. The zero-order valence-corrected chi connectivity index (χ0v) is 14.1. The fraction of sp³-hybridized carbons (Fsp3) is 0.947. The highest BCUT2D eigenvalue weighted by molar-refractivity contribution is 5.73. The average Bonchev–Trinajstić information content (AvgIpc) is 2.50. The molecule has 2 heteroatoms. The van der Waals surface area contributed by atoms with Crippen molar-refractivity contribution < 1.29 is 9.53 Å². The third-order valence-electron chi connectivity index (χ3n) is 5.67. The Hall–Kier alpha value is -0.530. The molecule has 1 saturated heterocycles. The summed E-state index contributed by atoms with van der Waals surface area (Å²) in [6.07, 6.45) is 15.3. The van der Waals surface area contributed by atoms with Gasteiger partial charge in [-0.25, -0.2) is 0 Å². The van der Waals surface area contributed by atoms with Gasteiger partial charge in [-0.1, -0.05) is 58.8 Å². The molecule has 0 aromatic carbocycles. The number of carbonyl (C=O) groups is 1. The summed E-state index contributed by atoms with van der Waals surface area (Å²) < 4.78 is 5.79. The molecule has 2 nitrogen and oxygen atoms in total. The maximum absolute atomic E-state index is 12.1. The summed E-state index contributed by atoms with van der Waals surface area (Å²) >= 11 is 0. The van der Waals surface area contributed by atoms with Gasteiger partial charge in [-0.2, -0.15) is 0 Å². The molecule has 1 heterocycles. The number of unbranched alkanes of at least 4 members (excludes halogenated alkanes) is 2. The van der Waals surface area contributed by atoms with Gasteiger partial charge in [-0.15, -0.1) is 0 Å². The first kappa shape index (κ1) is 16.8. The van der Waals surface area contributed by atoms with Gasteiger partial charge in [0.1, 0.15) is 6.10 Å². The molecule has 2 atom stereocenters. The van der Waals surface area contributed by atoms with Gasteiger partial charge < -0.3 is 4.74 Å². The van der Waals surface area contributed by atoms with Gasteiger partial charge in [-0.05, 0) is 43.9 Å². The minimum atomic E-state index is 0.0955. The standard InChI is InChI=1S/C19H34O2/c1-3-5-6-8-15-9-11-16(12-10-15)18-14-13-17(7-4-2)19(20)21-18/h15-18H,3-14H2,1-2H3.